The second-order valence-corrected chi connectivity index (χ2v) is 8.94. The summed E-state index contributed by atoms with van der Waals surface area (Å²) in [6.45, 7) is 8.08. The molecule has 2 heterocycles. The second kappa shape index (κ2) is 11.4. The van der Waals surface area contributed by atoms with Gasteiger partial charge in [-0.15, -0.1) is 0 Å². The van der Waals surface area contributed by atoms with Gasteiger partial charge in [0.2, 0.25) is 11.7 Å². The van der Waals surface area contributed by atoms with E-state index in [1.807, 2.05) is 45.0 Å². The van der Waals surface area contributed by atoms with E-state index in [0.29, 0.717) is 25.2 Å². The number of amides is 2. The van der Waals surface area contributed by atoms with E-state index < -0.39 is 29.7 Å². The van der Waals surface area contributed by atoms with Crippen molar-refractivity contribution in [1.82, 2.24) is 4.90 Å². The molecule has 1 N–H and O–H groups in total. The van der Waals surface area contributed by atoms with Crippen molar-refractivity contribution in [2.24, 2.45) is 11.8 Å². The summed E-state index contributed by atoms with van der Waals surface area (Å²) in [5, 5.41) is 8.86. The highest BCUT2D eigenvalue weighted by Crippen LogP contribution is 2.31. The summed E-state index contributed by atoms with van der Waals surface area (Å²) < 4.78 is 16.4. The number of hydrogen-bond acceptors (Lipinski definition) is 7. The van der Waals surface area contributed by atoms with Crippen LogP contribution in [0.1, 0.15) is 49.1 Å². The molecule has 1 fully saturated rings. The number of ketones is 1. The number of aliphatic hydroxyl groups is 1. The SMILES string of the molecule is Cc1cccc(-c2cc(C(=O)[C@@H](C)C(=O)N3C(=O)OC[C@H]3C(C)C)oc2CCCOCCO)c1. The van der Waals surface area contributed by atoms with Crippen LogP contribution in [-0.4, -0.2) is 60.3 Å². The lowest BCUT2D eigenvalue weighted by Crippen LogP contribution is -2.45. The van der Waals surface area contributed by atoms with Crippen LogP contribution in [0.3, 0.4) is 0 Å². The van der Waals surface area contributed by atoms with Crippen LogP contribution in [0.2, 0.25) is 0 Å². The lowest BCUT2D eigenvalue weighted by atomic mass is 9.98. The quantitative estimate of drug-likeness (QED) is 0.300. The molecule has 34 heavy (non-hydrogen) atoms. The normalized spacial score (nSPS) is 16.7. The van der Waals surface area contributed by atoms with Crippen LogP contribution in [0.25, 0.3) is 11.1 Å². The van der Waals surface area contributed by atoms with Crippen LogP contribution >= 0.6 is 0 Å². The van der Waals surface area contributed by atoms with Crippen molar-refractivity contribution in [2.75, 3.05) is 26.4 Å². The number of benzene rings is 1. The zero-order valence-electron chi connectivity index (χ0n) is 20.2. The smallest absolute Gasteiger partial charge is 0.417 e. The summed E-state index contributed by atoms with van der Waals surface area (Å²) in [5.41, 5.74) is 2.77. The largest absolute Gasteiger partial charge is 0.457 e. The van der Waals surface area contributed by atoms with E-state index in [2.05, 4.69) is 0 Å². The second-order valence-electron chi connectivity index (χ2n) is 8.94. The van der Waals surface area contributed by atoms with E-state index in [1.165, 1.54) is 6.92 Å². The van der Waals surface area contributed by atoms with Crippen molar-refractivity contribution >= 4 is 17.8 Å². The maximum atomic E-state index is 13.3. The average Bonchev–Trinajstić information content (AvgIpc) is 3.41. The van der Waals surface area contributed by atoms with Crippen molar-refractivity contribution in [3.63, 3.8) is 0 Å². The first-order chi connectivity index (χ1) is 16.2. The van der Waals surface area contributed by atoms with Crippen molar-refractivity contribution in [2.45, 2.75) is 46.6 Å². The average molecular weight is 472 g/mol. The van der Waals surface area contributed by atoms with E-state index in [0.717, 1.165) is 21.6 Å². The Morgan fingerprint density at radius 2 is 1.97 bits per heavy atom. The third-order valence-corrected chi connectivity index (χ3v) is 5.99. The molecular formula is C26H33NO7. The first kappa shape index (κ1) is 25.6. The van der Waals surface area contributed by atoms with Crippen molar-refractivity contribution < 1.29 is 33.4 Å². The van der Waals surface area contributed by atoms with E-state index in [4.69, 9.17) is 19.0 Å². The molecule has 0 bridgehead atoms. The molecule has 1 aromatic carbocycles. The maximum Gasteiger partial charge on any atom is 0.417 e. The Morgan fingerprint density at radius 1 is 1.21 bits per heavy atom. The minimum Gasteiger partial charge on any atom is -0.457 e. The van der Waals surface area contributed by atoms with Gasteiger partial charge < -0.3 is 19.0 Å². The highest BCUT2D eigenvalue weighted by Gasteiger charge is 2.43. The Hall–Kier alpha value is -2.97. The van der Waals surface area contributed by atoms with Crippen LogP contribution in [0.15, 0.2) is 34.7 Å². The highest BCUT2D eigenvalue weighted by molar-refractivity contribution is 6.12. The molecular weight excluding hydrogens is 438 g/mol. The van der Waals surface area contributed by atoms with E-state index in [9.17, 15) is 14.4 Å². The Balaban J connectivity index is 1.84. The number of cyclic esters (lactones) is 1. The minimum absolute atomic E-state index is 0.00823. The number of furan rings is 1. The zero-order chi connectivity index (χ0) is 24.8. The Bertz CT molecular complexity index is 1030. The minimum atomic E-state index is -1.09. The lowest BCUT2D eigenvalue weighted by molar-refractivity contribution is -0.132. The van der Waals surface area contributed by atoms with Crippen LogP contribution in [0, 0.1) is 18.8 Å². The zero-order valence-corrected chi connectivity index (χ0v) is 20.2. The fraction of sp³-hybridized carbons (Fsp3) is 0.500. The Labute approximate surface area is 199 Å². The fourth-order valence-corrected chi connectivity index (χ4v) is 4.01. The third kappa shape index (κ3) is 5.74. The van der Waals surface area contributed by atoms with Gasteiger partial charge in [-0.1, -0.05) is 43.7 Å². The van der Waals surface area contributed by atoms with Crippen LogP contribution in [-0.2, 0) is 20.7 Å². The van der Waals surface area contributed by atoms with Gasteiger partial charge in [-0.2, -0.15) is 0 Å². The first-order valence-corrected chi connectivity index (χ1v) is 11.7. The van der Waals surface area contributed by atoms with Crippen LogP contribution < -0.4 is 0 Å². The number of Topliss-reactive ketones (excluding diaryl/α,β-unsaturated/α-hetero) is 1. The summed E-state index contributed by atoms with van der Waals surface area (Å²) in [6, 6.07) is 9.15. The summed E-state index contributed by atoms with van der Waals surface area (Å²) >= 11 is 0. The third-order valence-electron chi connectivity index (χ3n) is 5.99. The number of aryl methyl sites for hydroxylation is 2. The number of aliphatic hydroxyl groups excluding tert-OH is 1. The van der Waals surface area contributed by atoms with Gasteiger partial charge in [-0.05, 0) is 37.8 Å². The molecule has 2 aromatic rings. The van der Waals surface area contributed by atoms with Crippen molar-refractivity contribution in [3.05, 3.63) is 47.4 Å². The van der Waals surface area contributed by atoms with Crippen molar-refractivity contribution in [3.8, 4) is 11.1 Å². The molecule has 8 nitrogen and oxygen atoms in total. The number of carbonyl (C=O) groups excluding carboxylic acids is 3. The topological polar surface area (TPSA) is 106 Å². The molecule has 0 aliphatic carbocycles. The summed E-state index contributed by atoms with van der Waals surface area (Å²) in [6.07, 6.45) is 0.453. The molecule has 2 amide bonds. The van der Waals surface area contributed by atoms with Gasteiger partial charge in [0.05, 0.1) is 19.3 Å². The van der Waals surface area contributed by atoms with E-state index in [1.54, 1.807) is 6.07 Å². The molecule has 0 radical (unpaired) electrons. The molecule has 3 rings (SSSR count). The van der Waals surface area contributed by atoms with Crippen LogP contribution in [0.4, 0.5) is 4.79 Å². The molecule has 1 saturated heterocycles. The van der Waals surface area contributed by atoms with E-state index in [-0.39, 0.29) is 31.5 Å². The molecule has 1 aliphatic rings. The number of hydrogen-bond donors (Lipinski definition) is 1. The predicted octanol–water partition coefficient (Wildman–Crippen LogP) is 4.02. The highest BCUT2D eigenvalue weighted by atomic mass is 16.6. The molecule has 184 valence electrons. The predicted molar refractivity (Wildman–Crippen MR) is 125 cm³/mol. The molecule has 0 spiro atoms. The number of nitrogens with zero attached hydrogens (tertiary/aromatic N) is 1. The number of imide groups is 1. The summed E-state index contributed by atoms with van der Waals surface area (Å²) in [4.78, 5) is 39.6. The molecule has 0 unspecified atom stereocenters. The maximum absolute atomic E-state index is 13.3. The summed E-state index contributed by atoms with van der Waals surface area (Å²) in [7, 11) is 0. The van der Waals surface area contributed by atoms with Gasteiger partial charge in [0.25, 0.3) is 0 Å². The number of ether oxygens (including phenoxy) is 2. The Kier molecular flexibility index (Phi) is 8.63. The van der Waals surface area contributed by atoms with Crippen molar-refractivity contribution in [1.29, 1.82) is 0 Å². The number of rotatable bonds is 11. The number of carbonyl (C=O) groups is 3. The fourth-order valence-electron chi connectivity index (χ4n) is 4.01. The molecule has 0 saturated carbocycles. The van der Waals surface area contributed by atoms with Gasteiger partial charge in [-0.25, -0.2) is 9.69 Å². The molecule has 2 atom stereocenters. The molecule has 1 aromatic heterocycles. The van der Waals surface area contributed by atoms with Gasteiger partial charge in [-0.3, -0.25) is 9.59 Å². The summed E-state index contributed by atoms with van der Waals surface area (Å²) in [5.74, 6) is -1.44. The first-order valence-electron chi connectivity index (χ1n) is 11.7. The van der Waals surface area contributed by atoms with Gasteiger partial charge in [0, 0.05) is 18.6 Å². The van der Waals surface area contributed by atoms with Gasteiger partial charge >= 0.3 is 6.09 Å². The molecule has 8 heteroatoms. The van der Waals surface area contributed by atoms with Gasteiger partial charge in [0.15, 0.2) is 5.76 Å². The monoisotopic (exact) mass is 471 g/mol. The van der Waals surface area contributed by atoms with E-state index >= 15 is 0 Å². The Morgan fingerprint density at radius 3 is 2.65 bits per heavy atom. The standard InChI is InChI=1S/C26H33NO7/c1-16(2)21-15-33-26(31)27(21)25(30)18(4)24(29)23-14-20(19-8-5-7-17(3)13-19)22(34-23)9-6-11-32-12-10-28/h5,7-8,13-14,16,18,21,28H,6,9-12,15H2,1-4H3/t18-,21+/m1/s1. The lowest BCUT2D eigenvalue weighted by Gasteiger charge is -2.24. The van der Waals surface area contributed by atoms with Crippen LogP contribution in [0.5, 0.6) is 0 Å². The van der Waals surface area contributed by atoms with Gasteiger partial charge in [0.1, 0.15) is 18.3 Å². The molecule has 1 aliphatic heterocycles.